The predicted octanol–water partition coefficient (Wildman–Crippen LogP) is 0.750. The van der Waals surface area contributed by atoms with Gasteiger partial charge in [-0.2, -0.15) is 0 Å². The van der Waals surface area contributed by atoms with Gasteiger partial charge in [-0.25, -0.2) is 4.98 Å². The summed E-state index contributed by atoms with van der Waals surface area (Å²) in [6.45, 7) is 1.61. The topological polar surface area (TPSA) is 83.1 Å². The van der Waals surface area contributed by atoms with E-state index in [2.05, 4.69) is 36.9 Å². The number of anilines is 1. The summed E-state index contributed by atoms with van der Waals surface area (Å²) < 4.78 is 0.694. The zero-order valence-electron chi connectivity index (χ0n) is 10.4. The number of halogens is 1. The molecule has 2 amide bonds. The normalized spacial score (nSPS) is 11.6. The van der Waals surface area contributed by atoms with Crippen molar-refractivity contribution in [2.75, 3.05) is 19.4 Å². The average Bonchev–Trinajstić information content (AvgIpc) is 2.37. The molecule has 3 N–H and O–H groups in total. The predicted molar refractivity (Wildman–Crippen MR) is 72.5 cm³/mol. The summed E-state index contributed by atoms with van der Waals surface area (Å²) in [4.78, 5) is 27.4. The lowest BCUT2D eigenvalue weighted by Gasteiger charge is -2.14. The number of aromatic nitrogens is 1. The Morgan fingerprint density at radius 1 is 1.39 bits per heavy atom. The summed E-state index contributed by atoms with van der Waals surface area (Å²) in [5, 5.41) is 7.89. The molecule has 18 heavy (non-hydrogen) atoms. The van der Waals surface area contributed by atoms with Gasteiger partial charge in [-0.1, -0.05) is 0 Å². The molecule has 0 aromatic carbocycles. The molecule has 1 heterocycles. The maximum absolute atomic E-state index is 12.0. The number of nitrogens with one attached hydrogen (secondary N) is 3. The zero-order chi connectivity index (χ0) is 13.7. The number of carbonyl (C=O) groups excluding carboxylic acids is 2. The number of carbonyl (C=O) groups is 2. The molecule has 7 heteroatoms. The lowest BCUT2D eigenvalue weighted by Crippen LogP contribution is -2.43. The van der Waals surface area contributed by atoms with Crippen LogP contribution in [0.2, 0.25) is 0 Å². The van der Waals surface area contributed by atoms with Gasteiger partial charge in [-0.05, 0) is 28.9 Å². The summed E-state index contributed by atoms with van der Waals surface area (Å²) in [6, 6.07) is 1.04. The Morgan fingerprint density at radius 3 is 2.61 bits per heavy atom. The third-order valence-electron chi connectivity index (χ3n) is 2.32. The fourth-order valence-corrected chi connectivity index (χ4v) is 1.70. The molecule has 0 aliphatic carbocycles. The van der Waals surface area contributed by atoms with Crippen LogP contribution in [0.15, 0.2) is 16.7 Å². The van der Waals surface area contributed by atoms with Crippen LogP contribution in [0.1, 0.15) is 17.3 Å². The minimum Gasteiger partial charge on any atom is -0.372 e. The van der Waals surface area contributed by atoms with E-state index >= 15 is 0 Å². The number of rotatable bonds is 4. The van der Waals surface area contributed by atoms with E-state index in [0.717, 1.165) is 0 Å². The highest BCUT2D eigenvalue weighted by molar-refractivity contribution is 9.10. The molecule has 1 aromatic rings. The Morgan fingerprint density at radius 2 is 2.06 bits per heavy atom. The fraction of sp³-hybridized carbons (Fsp3) is 0.364. The second-order valence-electron chi connectivity index (χ2n) is 3.61. The molecule has 0 aliphatic rings. The van der Waals surface area contributed by atoms with Crippen LogP contribution in [0.5, 0.6) is 0 Å². The van der Waals surface area contributed by atoms with Crippen LogP contribution in [0, 0.1) is 0 Å². The number of pyridine rings is 1. The van der Waals surface area contributed by atoms with Crippen molar-refractivity contribution in [2.45, 2.75) is 13.0 Å². The Balaban J connectivity index is 2.90. The Labute approximate surface area is 114 Å². The van der Waals surface area contributed by atoms with Crippen molar-refractivity contribution in [2.24, 2.45) is 0 Å². The van der Waals surface area contributed by atoms with Crippen molar-refractivity contribution in [1.82, 2.24) is 15.6 Å². The highest BCUT2D eigenvalue weighted by Crippen LogP contribution is 2.17. The van der Waals surface area contributed by atoms with Gasteiger partial charge in [0.2, 0.25) is 5.91 Å². The first-order valence-corrected chi connectivity index (χ1v) is 6.14. The van der Waals surface area contributed by atoms with E-state index in [1.807, 2.05) is 0 Å². The number of amides is 2. The zero-order valence-corrected chi connectivity index (χ0v) is 12.0. The van der Waals surface area contributed by atoms with E-state index in [9.17, 15) is 9.59 Å². The molecule has 0 bridgehead atoms. The van der Waals surface area contributed by atoms with Gasteiger partial charge in [0.05, 0.1) is 5.56 Å². The van der Waals surface area contributed by atoms with Crippen LogP contribution in [0.4, 0.5) is 5.82 Å². The maximum Gasteiger partial charge on any atom is 0.255 e. The molecule has 0 spiro atoms. The van der Waals surface area contributed by atoms with E-state index in [-0.39, 0.29) is 11.8 Å². The highest BCUT2D eigenvalue weighted by atomic mass is 79.9. The molecule has 0 saturated heterocycles. The molecule has 0 saturated carbocycles. The van der Waals surface area contributed by atoms with Crippen LogP contribution in [-0.4, -0.2) is 36.9 Å². The summed E-state index contributed by atoms with van der Waals surface area (Å²) in [5.74, 6) is -0.152. The molecular formula is C11H15BrN4O2. The van der Waals surface area contributed by atoms with E-state index < -0.39 is 6.04 Å². The third-order valence-corrected chi connectivity index (χ3v) is 2.76. The van der Waals surface area contributed by atoms with Gasteiger partial charge in [0, 0.05) is 24.8 Å². The van der Waals surface area contributed by atoms with Crippen LogP contribution < -0.4 is 16.0 Å². The van der Waals surface area contributed by atoms with E-state index in [0.29, 0.717) is 15.9 Å². The average molecular weight is 315 g/mol. The van der Waals surface area contributed by atoms with E-state index in [4.69, 9.17) is 0 Å². The summed E-state index contributed by atoms with van der Waals surface area (Å²) in [6.07, 6.45) is 1.59. The fourth-order valence-electron chi connectivity index (χ4n) is 1.37. The molecule has 0 fully saturated rings. The molecule has 1 unspecified atom stereocenters. The largest absolute Gasteiger partial charge is 0.372 e. The summed E-state index contributed by atoms with van der Waals surface area (Å²) in [5.41, 5.74) is 0.377. The quantitative estimate of drug-likeness (QED) is 0.766. The van der Waals surface area contributed by atoms with Gasteiger partial charge in [-0.3, -0.25) is 9.59 Å². The van der Waals surface area contributed by atoms with Crippen molar-refractivity contribution in [3.8, 4) is 0 Å². The maximum atomic E-state index is 12.0. The van der Waals surface area contributed by atoms with Crippen LogP contribution in [0.3, 0.4) is 0 Å². The minimum atomic E-state index is -0.605. The molecule has 1 aromatic heterocycles. The Bertz CT molecular complexity index is 464. The number of hydrogen-bond acceptors (Lipinski definition) is 4. The molecule has 6 nitrogen and oxygen atoms in total. The second kappa shape index (κ2) is 6.34. The van der Waals surface area contributed by atoms with Gasteiger partial charge in [-0.15, -0.1) is 0 Å². The lowest BCUT2D eigenvalue weighted by molar-refractivity contribution is -0.122. The van der Waals surface area contributed by atoms with Gasteiger partial charge < -0.3 is 16.0 Å². The minimum absolute atomic E-state index is 0.252. The van der Waals surface area contributed by atoms with Crippen molar-refractivity contribution < 1.29 is 9.59 Å². The lowest BCUT2D eigenvalue weighted by atomic mass is 10.2. The van der Waals surface area contributed by atoms with E-state index in [1.54, 1.807) is 26.2 Å². The highest BCUT2D eigenvalue weighted by Gasteiger charge is 2.18. The third kappa shape index (κ3) is 3.43. The van der Waals surface area contributed by atoms with Gasteiger partial charge in [0.15, 0.2) is 0 Å². The molecular weight excluding hydrogens is 300 g/mol. The van der Waals surface area contributed by atoms with Crippen LogP contribution >= 0.6 is 15.9 Å². The standard InChI is InChI=1S/C11H15BrN4O2/c1-6(10(17)14-3)16-11(18)8-4-7(12)5-15-9(8)13-2/h4-6H,1-3H3,(H,13,15)(H,14,17)(H,16,18). The van der Waals surface area contributed by atoms with Gasteiger partial charge in [0.25, 0.3) is 5.91 Å². The Hall–Kier alpha value is -1.63. The van der Waals surface area contributed by atoms with Gasteiger partial charge in [0.1, 0.15) is 11.9 Å². The first kappa shape index (κ1) is 14.4. The smallest absolute Gasteiger partial charge is 0.255 e. The number of hydrogen-bond donors (Lipinski definition) is 3. The molecule has 0 aliphatic heterocycles. The van der Waals surface area contributed by atoms with Crippen molar-refractivity contribution in [3.63, 3.8) is 0 Å². The SMILES string of the molecule is CNC(=O)C(C)NC(=O)c1cc(Br)cnc1NC. The van der Waals surface area contributed by atoms with Crippen molar-refractivity contribution in [1.29, 1.82) is 0 Å². The van der Waals surface area contributed by atoms with Crippen molar-refractivity contribution in [3.05, 3.63) is 22.3 Å². The summed E-state index contributed by atoms with van der Waals surface area (Å²) in [7, 11) is 3.19. The second-order valence-corrected chi connectivity index (χ2v) is 4.52. The molecule has 1 rings (SSSR count). The Kier molecular flexibility index (Phi) is 5.08. The van der Waals surface area contributed by atoms with E-state index in [1.165, 1.54) is 7.05 Å². The number of likely N-dealkylation sites (N-methyl/N-ethyl adjacent to an activating group) is 1. The van der Waals surface area contributed by atoms with Gasteiger partial charge >= 0.3 is 0 Å². The monoisotopic (exact) mass is 314 g/mol. The number of nitrogens with zero attached hydrogens (tertiary/aromatic N) is 1. The molecule has 98 valence electrons. The van der Waals surface area contributed by atoms with Crippen LogP contribution in [0.25, 0.3) is 0 Å². The van der Waals surface area contributed by atoms with Crippen molar-refractivity contribution >= 4 is 33.6 Å². The first-order valence-electron chi connectivity index (χ1n) is 5.35. The summed E-state index contributed by atoms with van der Waals surface area (Å²) >= 11 is 3.25. The van der Waals surface area contributed by atoms with Crippen LogP contribution in [-0.2, 0) is 4.79 Å². The molecule has 1 atom stereocenters. The first-order chi connectivity index (χ1) is 8.49. The molecule has 0 radical (unpaired) electrons.